The number of carboxylic acid groups (broad SMARTS) is 2. The topological polar surface area (TPSA) is 80.3 Å². The molecule has 11 heavy (non-hydrogen) atoms. The molecule has 0 spiro atoms. The van der Waals surface area contributed by atoms with E-state index in [-0.39, 0.29) is 0 Å². The maximum Gasteiger partial charge on any atom is 0.0506 e. The van der Waals surface area contributed by atoms with Crippen LogP contribution in [-0.2, 0) is 9.59 Å². The van der Waals surface area contributed by atoms with Gasteiger partial charge in [0.05, 0.1) is 11.9 Å². The fourth-order valence-electron chi connectivity index (χ4n) is 0.803. The molecule has 0 unspecified atom stereocenters. The molecule has 0 aromatic rings. The minimum absolute atomic E-state index is 0.863. The Morgan fingerprint density at radius 2 is 1.36 bits per heavy atom. The molecule has 0 atom stereocenters. The molecule has 0 saturated heterocycles. The van der Waals surface area contributed by atoms with Gasteiger partial charge in [-0.05, 0) is 5.41 Å². The average molecular weight is 158 g/mol. The summed E-state index contributed by atoms with van der Waals surface area (Å²) >= 11 is 0. The van der Waals surface area contributed by atoms with Crippen LogP contribution in [0.5, 0.6) is 0 Å². The second kappa shape index (κ2) is 2.90. The standard InChI is InChI=1S/C7H12O4/c1-7(2,3)4(5(8)9)6(10)11/h4H,1-3H3,(H,8,9)(H,10,11)/p-2. The van der Waals surface area contributed by atoms with Crippen molar-refractivity contribution in [1.29, 1.82) is 0 Å². The number of hydrogen-bond donors (Lipinski definition) is 0. The third kappa shape index (κ3) is 2.57. The molecular formula is C7H10O4-2. The Bertz CT molecular complexity index is 163. The van der Waals surface area contributed by atoms with Gasteiger partial charge in [0, 0.05) is 5.92 Å². The van der Waals surface area contributed by atoms with Crippen LogP contribution in [0.25, 0.3) is 0 Å². The predicted octanol–water partition coefficient (Wildman–Crippen LogP) is -1.85. The minimum Gasteiger partial charge on any atom is -0.549 e. The Morgan fingerprint density at radius 3 is 1.36 bits per heavy atom. The summed E-state index contributed by atoms with van der Waals surface area (Å²) in [4.78, 5) is 20.5. The molecule has 0 aliphatic carbocycles. The highest BCUT2D eigenvalue weighted by atomic mass is 16.4. The van der Waals surface area contributed by atoms with Crippen LogP contribution >= 0.6 is 0 Å². The van der Waals surface area contributed by atoms with Gasteiger partial charge >= 0.3 is 0 Å². The Kier molecular flexibility index (Phi) is 2.62. The lowest BCUT2D eigenvalue weighted by atomic mass is 9.81. The lowest BCUT2D eigenvalue weighted by molar-refractivity contribution is -0.336. The van der Waals surface area contributed by atoms with Crippen molar-refractivity contribution in [3.8, 4) is 0 Å². The van der Waals surface area contributed by atoms with Gasteiger partial charge < -0.3 is 19.8 Å². The van der Waals surface area contributed by atoms with Gasteiger partial charge in [-0.15, -0.1) is 0 Å². The Balaban J connectivity index is 4.63. The summed E-state index contributed by atoms with van der Waals surface area (Å²) in [6.45, 7) is 4.51. The van der Waals surface area contributed by atoms with Gasteiger partial charge in [0.25, 0.3) is 0 Å². The molecule has 0 amide bonds. The van der Waals surface area contributed by atoms with Crippen molar-refractivity contribution in [2.45, 2.75) is 20.8 Å². The van der Waals surface area contributed by atoms with Gasteiger partial charge in [-0.2, -0.15) is 0 Å². The van der Waals surface area contributed by atoms with Crippen molar-refractivity contribution < 1.29 is 19.8 Å². The predicted molar refractivity (Wildman–Crippen MR) is 33.0 cm³/mol. The van der Waals surface area contributed by atoms with Crippen LogP contribution in [0.4, 0.5) is 0 Å². The Hall–Kier alpha value is -1.06. The summed E-state index contributed by atoms with van der Waals surface area (Å²) < 4.78 is 0. The molecule has 0 saturated carbocycles. The number of carbonyl (C=O) groups is 2. The van der Waals surface area contributed by atoms with E-state index in [1.807, 2.05) is 0 Å². The SMILES string of the molecule is CC(C)(C)C(C(=O)[O-])C(=O)[O-]. The summed E-state index contributed by atoms with van der Waals surface area (Å²) in [6, 6.07) is 0. The molecule has 4 heteroatoms. The van der Waals surface area contributed by atoms with Crippen LogP contribution in [0.15, 0.2) is 0 Å². The molecule has 0 fully saturated rings. The zero-order valence-corrected chi connectivity index (χ0v) is 6.71. The number of rotatable bonds is 2. The lowest BCUT2D eigenvalue weighted by Crippen LogP contribution is -2.49. The Labute approximate surface area is 64.8 Å². The largest absolute Gasteiger partial charge is 0.549 e. The smallest absolute Gasteiger partial charge is 0.0506 e. The van der Waals surface area contributed by atoms with Crippen LogP contribution in [0.1, 0.15) is 20.8 Å². The fourth-order valence-corrected chi connectivity index (χ4v) is 0.803. The van der Waals surface area contributed by atoms with E-state index in [1.165, 1.54) is 20.8 Å². The Morgan fingerprint density at radius 1 is 1.09 bits per heavy atom. The maximum absolute atomic E-state index is 10.3. The molecule has 4 nitrogen and oxygen atoms in total. The van der Waals surface area contributed by atoms with E-state index in [9.17, 15) is 19.8 Å². The van der Waals surface area contributed by atoms with E-state index in [4.69, 9.17) is 0 Å². The third-order valence-corrected chi connectivity index (χ3v) is 1.34. The van der Waals surface area contributed by atoms with Crippen LogP contribution < -0.4 is 10.2 Å². The summed E-state index contributed by atoms with van der Waals surface area (Å²) in [5, 5.41) is 20.5. The minimum atomic E-state index is -1.60. The van der Waals surface area contributed by atoms with E-state index in [0.29, 0.717) is 0 Å². The van der Waals surface area contributed by atoms with Gasteiger partial charge in [-0.1, -0.05) is 20.8 Å². The molecule has 64 valence electrons. The summed E-state index contributed by atoms with van der Waals surface area (Å²) in [5.41, 5.74) is -0.863. The fraction of sp³-hybridized carbons (Fsp3) is 0.714. The molecular weight excluding hydrogens is 148 g/mol. The van der Waals surface area contributed by atoms with Crippen LogP contribution in [0, 0.1) is 11.3 Å². The number of carboxylic acids is 2. The number of hydrogen-bond acceptors (Lipinski definition) is 4. The first-order valence-corrected chi connectivity index (χ1v) is 3.18. The summed E-state index contributed by atoms with van der Waals surface area (Å²) in [5.74, 6) is -4.75. The molecule has 0 aromatic heterocycles. The highest BCUT2D eigenvalue weighted by molar-refractivity contribution is 5.91. The van der Waals surface area contributed by atoms with Crippen molar-refractivity contribution >= 4 is 11.9 Å². The number of carbonyl (C=O) groups excluding carboxylic acids is 2. The highest BCUT2D eigenvalue weighted by Crippen LogP contribution is 2.24. The van der Waals surface area contributed by atoms with Crippen LogP contribution in [0.3, 0.4) is 0 Å². The quantitative estimate of drug-likeness (QED) is 0.442. The second-order valence-electron chi connectivity index (χ2n) is 3.44. The van der Waals surface area contributed by atoms with E-state index >= 15 is 0 Å². The van der Waals surface area contributed by atoms with Crippen molar-refractivity contribution in [2.75, 3.05) is 0 Å². The zero-order valence-electron chi connectivity index (χ0n) is 6.71. The molecule has 0 heterocycles. The summed E-state index contributed by atoms with van der Waals surface area (Å²) in [7, 11) is 0. The number of aliphatic carboxylic acids is 2. The first-order valence-electron chi connectivity index (χ1n) is 3.18. The first kappa shape index (κ1) is 9.94. The third-order valence-electron chi connectivity index (χ3n) is 1.34. The lowest BCUT2D eigenvalue weighted by Gasteiger charge is -2.31. The van der Waals surface area contributed by atoms with Crippen molar-refractivity contribution in [3.05, 3.63) is 0 Å². The molecule has 0 bridgehead atoms. The molecule has 0 aliphatic heterocycles. The molecule has 0 aromatic carbocycles. The molecule has 0 aliphatic rings. The van der Waals surface area contributed by atoms with Gasteiger partial charge in [0.1, 0.15) is 0 Å². The van der Waals surface area contributed by atoms with Crippen molar-refractivity contribution in [2.24, 2.45) is 11.3 Å². The zero-order chi connectivity index (χ0) is 9.23. The average Bonchev–Trinajstić information content (AvgIpc) is 1.54. The van der Waals surface area contributed by atoms with E-state index < -0.39 is 23.3 Å². The van der Waals surface area contributed by atoms with Crippen LogP contribution in [-0.4, -0.2) is 11.9 Å². The molecule has 0 N–H and O–H groups in total. The normalized spacial score (nSPS) is 11.6. The van der Waals surface area contributed by atoms with Gasteiger partial charge in [0.15, 0.2) is 0 Å². The molecule has 0 rings (SSSR count). The maximum atomic E-state index is 10.3. The summed E-state index contributed by atoms with van der Waals surface area (Å²) in [6.07, 6.45) is 0. The van der Waals surface area contributed by atoms with Gasteiger partial charge in [0.2, 0.25) is 0 Å². The van der Waals surface area contributed by atoms with Crippen molar-refractivity contribution in [1.82, 2.24) is 0 Å². The van der Waals surface area contributed by atoms with Crippen molar-refractivity contribution in [3.63, 3.8) is 0 Å². The first-order chi connectivity index (χ1) is 4.76. The van der Waals surface area contributed by atoms with Gasteiger partial charge in [-0.25, -0.2) is 0 Å². The molecule has 0 radical (unpaired) electrons. The van der Waals surface area contributed by atoms with E-state index in [0.717, 1.165) is 0 Å². The van der Waals surface area contributed by atoms with E-state index in [1.54, 1.807) is 0 Å². The van der Waals surface area contributed by atoms with E-state index in [2.05, 4.69) is 0 Å². The van der Waals surface area contributed by atoms with Crippen LogP contribution in [0.2, 0.25) is 0 Å². The highest BCUT2D eigenvalue weighted by Gasteiger charge is 2.26. The van der Waals surface area contributed by atoms with Gasteiger partial charge in [-0.3, -0.25) is 0 Å². The monoisotopic (exact) mass is 158 g/mol. The second-order valence-corrected chi connectivity index (χ2v) is 3.44.